The van der Waals surface area contributed by atoms with Gasteiger partial charge >= 0.3 is 12.1 Å². The number of alkyl carbamates (subject to hydrolysis) is 1. The smallest absolute Gasteiger partial charge is 0.408 e. The molecule has 1 unspecified atom stereocenters. The van der Waals surface area contributed by atoms with E-state index in [9.17, 15) is 9.59 Å². The number of rotatable bonds is 11. The third kappa shape index (κ3) is 8.10. The summed E-state index contributed by atoms with van der Waals surface area (Å²) in [6, 6.07) is 29.7. The molecule has 0 saturated heterocycles. The highest BCUT2D eigenvalue weighted by Gasteiger charge is 2.39. The van der Waals surface area contributed by atoms with Crippen molar-refractivity contribution in [3.63, 3.8) is 0 Å². The average molecular weight is 535 g/mol. The van der Waals surface area contributed by atoms with E-state index in [2.05, 4.69) is 41.7 Å². The van der Waals surface area contributed by atoms with Gasteiger partial charge in [0.1, 0.15) is 18.2 Å². The van der Waals surface area contributed by atoms with E-state index in [0.717, 1.165) is 16.7 Å². The van der Waals surface area contributed by atoms with Crippen LogP contribution >= 0.6 is 11.8 Å². The lowest BCUT2D eigenvalue weighted by molar-refractivity contribution is -0.145. The van der Waals surface area contributed by atoms with Crippen molar-refractivity contribution in [1.82, 2.24) is 10.2 Å². The molecule has 0 spiro atoms. The molecule has 7 heteroatoms. The molecule has 202 valence electrons. The van der Waals surface area contributed by atoms with Gasteiger partial charge in [0.2, 0.25) is 0 Å². The Morgan fingerprint density at radius 2 is 1.26 bits per heavy atom. The Hall–Kier alpha value is -3.29. The van der Waals surface area contributed by atoms with Crippen LogP contribution in [0.25, 0.3) is 0 Å². The Labute approximate surface area is 230 Å². The van der Waals surface area contributed by atoms with Crippen molar-refractivity contribution < 1.29 is 19.1 Å². The number of esters is 1. The van der Waals surface area contributed by atoms with E-state index in [1.165, 1.54) is 0 Å². The Kier molecular flexibility index (Phi) is 10.4. The van der Waals surface area contributed by atoms with Gasteiger partial charge in [-0.25, -0.2) is 9.59 Å². The van der Waals surface area contributed by atoms with Crippen molar-refractivity contribution in [3.8, 4) is 0 Å². The van der Waals surface area contributed by atoms with Gasteiger partial charge in [0.05, 0.1) is 4.75 Å². The maximum absolute atomic E-state index is 13.2. The Balaban J connectivity index is 2.00. The van der Waals surface area contributed by atoms with Gasteiger partial charge in [0, 0.05) is 12.3 Å². The van der Waals surface area contributed by atoms with Crippen molar-refractivity contribution in [3.05, 3.63) is 108 Å². The van der Waals surface area contributed by atoms with E-state index in [-0.39, 0.29) is 12.4 Å². The fourth-order valence-electron chi connectivity index (χ4n) is 4.02. The Morgan fingerprint density at radius 1 is 0.816 bits per heavy atom. The molecule has 0 radical (unpaired) electrons. The van der Waals surface area contributed by atoms with Crippen molar-refractivity contribution in [2.45, 2.75) is 37.2 Å². The van der Waals surface area contributed by atoms with Crippen LogP contribution in [0, 0.1) is 0 Å². The van der Waals surface area contributed by atoms with Crippen LogP contribution in [0.4, 0.5) is 4.79 Å². The second-order valence-corrected chi connectivity index (χ2v) is 11.5. The van der Waals surface area contributed by atoms with Gasteiger partial charge in [-0.05, 0) is 51.6 Å². The number of ether oxygens (including phenoxy) is 2. The van der Waals surface area contributed by atoms with Gasteiger partial charge in [-0.2, -0.15) is 0 Å². The first kappa shape index (κ1) is 29.3. The molecular formula is C31H38N2O4S. The fraction of sp³-hybridized carbons (Fsp3) is 0.355. The topological polar surface area (TPSA) is 67.9 Å². The highest BCUT2D eigenvalue weighted by molar-refractivity contribution is 8.00. The average Bonchev–Trinajstić information content (AvgIpc) is 2.89. The zero-order valence-electron chi connectivity index (χ0n) is 22.8. The molecule has 0 bridgehead atoms. The van der Waals surface area contributed by atoms with Gasteiger partial charge in [-0.1, -0.05) is 91.0 Å². The van der Waals surface area contributed by atoms with Crippen LogP contribution < -0.4 is 5.32 Å². The quantitative estimate of drug-likeness (QED) is 0.251. The summed E-state index contributed by atoms with van der Waals surface area (Å²) >= 11 is 1.58. The van der Waals surface area contributed by atoms with Crippen LogP contribution in [0.2, 0.25) is 0 Å². The van der Waals surface area contributed by atoms with Crippen LogP contribution in [-0.4, -0.2) is 61.6 Å². The predicted molar refractivity (Wildman–Crippen MR) is 154 cm³/mol. The summed E-state index contributed by atoms with van der Waals surface area (Å²) in [6.45, 7) is 6.18. The van der Waals surface area contributed by atoms with Crippen molar-refractivity contribution >= 4 is 23.8 Å². The van der Waals surface area contributed by atoms with Gasteiger partial charge in [-0.3, -0.25) is 0 Å². The zero-order valence-corrected chi connectivity index (χ0v) is 23.7. The molecule has 1 N–H and O–H groups in total. The van der Waals surface area contributed by atoms with Crippen molar-refractivity contribution in [1.29, 1.82) is 0 Å². The summed E-state index contributed by atoms with van der Waals surface area (Å²) in [4.78, 5) is 27.9. The molecule has 6 nitrogen and oxygen atoms in total. The number of nitrogens with zero attached hydrogens (tertiary/aromatic N) is 1. The van der Waals surface area contributed by atoms with E-state index in [1.807, 2.05) is 73.6 Å². The second kappa shape index (κ2) is 13.5. The van der Waals surface area contributed by atoms with Gasteiger partial charge in [0.25, 0.3) is 0 Å². The third-order valence-electron chi connectivity index (χ3n) is 5.77. The van der Waals surface area contributed by atoms with E-state index in [1.54, 1.807) is 32.5 Å². The number of hydrogen-bond acceptors (Lipinski definition) is 6. The largest absolute Gasteiger partial charge is 0.463 e. The molecule has 0 aliphatic carbocycles. The lowest BCUT2D eigenvalue weighted by Gasteiger charge is -2.36. The monoisotopic (exact) mass is 534 g/mol. The number of carbonyl (C=O) groups is 2. The molecule has 38 heavy (non-hydrogen) atoms. The number of amides is 1. The summed E-state index contributed by atoms with van der Waals surface area (Å²) in [7, 11) is 3.82. The first-order valence-electron chi connectivity index (χ1n) is 12.7. The third-order valence-corrected chi connectivity index (χ3v) is 7.41. The maximum atomic E-state index is 13.2. The van der Waals surface area contributed by atoms with Crippen LogP contribution in [0.3, 0.4) is 0 Å². The number of benzene rings is 3. The number of likely N-dealkylation sites (N-methyl/N-ethyl adjacent to an activating group) is 1. The molecule has 0 aliphatic rings. The number of thioether (sulfide) groups is 1. The summed E-state index contributed by atoms with van der Waals surface area (Å²) < 4.78 is 10.4. The molecule has 0 heterocycles. The lowest BCUT2D eigenvalue weighted by Crippen LogP contribution is -2.47. The zero-order chi connectivity index (χ0) is 27.6. The molecule has 1 atom stereocenters. The Morgan fingerprint density at radius 3 is 1.66 bits per heavy atom. The minimum atomic E-state index is -0.910. The first-order chi connectivity index (χ1) is 18.1. The summed E-state index contributed by atoms with van der Waals surface area (Å²) in [5, 5.41) is 2.77. The van der Waals surface area contributed by atoms with E-state index in [4.69, 9.17) is 9.47 Å². The van der Waals surface area contributed by atoms with Crippen LogP contribution in [0.1, 0.15) is 37.5 Å². The SMILES string of the molecule is CN(C)CCOC(=O)C(CSC(c1ccccc1)(c1ccccc1)c1ccccc1)NC(=O)OC(C)(C)C. The van der Waals surface area contributed by atoms with E-state index in [0.29, 0.717) is 6.54 Å². The van der Waals surface area contributed by atoms with E-state index < -0.39 is 28.5 Å². The lowest BCUT2D eigenvalue weighted by atomic mass is 9.84. The molecule has 0 aromatic heterocycles. The van der Waals surface area contributed by atoms with Gasteiger partial charge in [0.15, 0.2) is 0 Å². The van der Waals surface area contributed by atoms with Gasteiger partial charge in [-0.15, -0.1) is 11.8 Å². The number of carbonyl (C=O) groups excluding carboxylic acids is 2. The maximum Gasteiger partial charge on any atom is 0.408 e. The van der Waals surface area contributed by atoms with Crippen LogP contribution in [0.15, 0.2) is 91.0 Å². The number of hydrogen-bond donors (Lipinski definition) is 1. The van der Waals surface area contributed by atoms with Crippen molar-refractivity contribution in [2.24, 2.45) is 0 Å². The van der Waals surface area contributed by atoms with Crippen molar-refractivity contribution in [2.75, 3.05) is 33.0 Å². The summed E-state index contributed by atoms with van der Waals surface area (Å²) in [5.41, 5.74) is 2.51. The highest BCUT2D eigenvalue weighted by Crippen LogP contribution is 2.48. The second-order valence-electron chi connectivity index (χ2n) is 10.3. The number of nitrogens with one attached hydrogen (secondary N) is 1. The summed E-state index contributed by atoms with van der Waals surface area (Å²) in [6.07, 6.45) is -0.655. The Bertz CT molecular complexity index is 1050. The molecule has 3 aromatic carbocycles. The molecule has 1 amide bonds. The molecule has 0 aliphatic heterocycles. The molecular weight excluding hydrogens is 496 g/mol. The highest BCUT2D eigenvalue weighted by atomic mass is 32.2. The van der Waals surface area contributed by atoms with Gasteiger partial charge < -0.3 is 19.7 Å². The van der Waals surface area contributed by atoms with Crippen LogP contribution in [-0.2, 0) is 19.0 Å². The first-order valence-corrected chi connectivity index (χ1v) is 13.7. The standard InChI is InChI=1S/C31H38N2O4S/c1-30(2,3)37-29(35)32-27(28(34)36-22-21-33(4)5)23-38-31(24-15-9-6-10-16-24,25-17-11-7-12-18-25)26-19-13-8-14-20-26/h6-20,27H,21-23H2,1-5H3,(H,32,35). The van der Waals surface area contributed by atoms with Crippen LogP contribution in [0.5, 0.6) is 0 Å². The minimum Gasteiger partial charge on any atom is -0.463 e. The predicted octanol–water partition coefficient (Wildman–Crippen LogP) is 5.71. The van der Waals surface area contributed by atoms with E-state index >= 15 is 0 Å². The summed E-state index contributed by atoms with van der Waals surface area (Å²) in [5.74, 6) is -0.230. The fourth-order valence-corrected chi connectivity index (χ4v) is 5.57. The molecule has 3 rings (SSSR count). The molecule has 0 fully saturated rings. The minimum absolute atomic E-state index is 0.226. The molecule has 3 aromatic rings. The molecule has 0 saturated carbocycles. The normalized spacial score (nSPS) is 12.6.